The van der Waals surface area contributed by atoms with Crippen molar-refractivity contribution < 1.29 is 29.2 Å². The van der Waals surface area contributed by atoms with E-state index >= 15 is 0 Å². The van der Waals surface area contributed by atoms with E-state index < -0.39 is 5.92 Å². The number of aromatic hydroxyl groups is 2. The predicted molar refractivity (Wildman–Crippen MR) is 120 cm³/mol. The first kappa shape index (κ1) is 20.2. The van der Waals surface area contributed by atoms with E-state index in [1.807, 2.05) is 26.0 Å². The van der Waals surface area contributed by atoms with Crippen LogP contribution >= 0.6 is 0 Å². The van der Waals surface area contributed by atoms with Gasteiger partial charge in [-0.2, -0.15) is 0 Å². The Hall–Kier alpha value is -3.67. The molecule has 0 aromatic heterocycles. The lowest BCUT2D eigenvalue weighted by atomic mass is 9.69. The highest BCUT2D eigenvalue weighted by molar-refractivity contribution is 6.01. The van der Waals surface area contributed by atoms with Gasteiger partial charge in [-0.05, 0) is 23.1 Å². The minimum atomic E-state index is -0.643. The molecule has 0 radical (unpaired) electrons. The number of fused-ring (bicyclic) bond motifs is 2. The van der Waals surface area contributed by atoms with Crippen molar-refractivity contribution in [2.75, 3.05) is 6.79 Å². The number of phenols is 2. The van der Waals surface area contributed by atoms with E-state index in [1.165, 1.54) is 12.2 Å². The monoisotopic (exact) mass is 432 g/mol. The number of benzene rings is 2. The number of carbonyl (C=O) groups is 1. The van der Waals surface area contributed by atoms with Crippen LogP contribution in [0.1, 0.15) is 54.9 Å². The number of phenolic OH excluding ortho intramolecular Hbond substituents is 2. The molecule has 2 aliphatic heterocycles. The summed E-state index contributed by atoms with van der Waals surface area (Å²) in [7, 11) is 0. The molecule has 2 heterocycles. The Morgan fingerprint density at radius 1 is 1.03 bits per heavy atom. The number of carbonyl (C=O) groups excluding carboxylic acids is 1. The zero-order chi connectivity index (χ0) is 22.8. The number of hydrogen-bond acceptors (Lipinski definition) is 6. The Morgan fingerprint density at radius 2 is 1.72 bits per heavy atom. The normalized spacial score (nSPS) is 20.3. The molecule has 164 valence electrons. The van der Waals surface area contributed by atoms with Crippen LogP contribution in [0.4, 0.5) is 0 Å². The van der Waals surface area contributed by atoms with Crippen molar-refractivity contribution in [3.63, 3.8) is 0 Å². The van der Waals surface area contributed by atoms with Crippen molar-refractivity contribution in [2.45, 2.75) is 32.6 Å². The maximum atomic E-state index is 13.4. The molecule has 2 aromatic carbocycles. The van der Waals surface area contributed by atoms with E-state index in [1.54, 1.807) is 6.07 Å². The van der Waals surface area contributed by atoms with Crippen LogP contribution in [-0.2, 0) is 4.79 Å². The quantitative estimate of drug-likeness (QED) is 0.642. The van der Waals surface area contributed by atoms with E-state index in [4.69, 9.17) is 14.2 Å². The van der Waals surface area contributed by atoms with Crippen LogP contribution in [-0.4, -0.2) is 22.8 Å². The van der Waals surface area contributed by atoms with Gasteiger partial charge in [0.15, 0.2) is 28.8 Å². The third-order valence-electron chi connectivity index (χ3n) is 6.34. The highest BCUT2D eigenvalue weighted by Gasteiger charge is 2.45. The smallest absolute Gasteiger partial charge is 0.231 e. The van der Waals surface area contributed by atoms with Crippen molar-refractivity contribution in [3.8, 4) is 28.7 Å². The number of Topliss-reactive ketones (excluding diaryl/α,β-unsaturated/α-hetero) is 1. The van der Waals surface area contributed by atoms with Gasteiger partial charge in [-0.25, -0.2) is 0 Å². The van der Waals surface area contributed by atoms with Gasteiger partial charge in [0.05, 0.1) is 5.56 Å². The maximum absolute atomic E-state index is 13.4. The van der Waals surface area contributed by atoms with E-state index in [9.17, 15) is 15.0 Å². The molecule has 3 aliphatic rings. The number of ketones is 1. The second-order valence-corrected chi connectivity index (χ2v) is 9.10. The van der Waals surface area contributed by atoms with Gasteiger partial charge in [0, 0.05) is 35.5 Å². The van der Waals surface area contributed by atoms with Crippen LogP contribution in [0.3, 0.4) is 0 Å². The highest BCUT2D eigenvalue weighted by atomic mass is 16.7. The van der Waals surface area contributed by atoms with E-state index in [-0.39, 0.29) is 35.2 Å². The molecule has 0 amide bonds. The van der Waals surface area contributed by atoms with E-state index in [0.29, 0.717) is 52.4 Å². The molecule has 1 unspecified atom stereocenters. The van der Waals surface area contributed by atoms with Crippen LogP contribution in [0.15, 0.2) is 42.7 Å². The third kappa shape index (κ3) is 2.83. The Labute approximate surface area is 186 Å². The van der Waals surface area contributed by atoms with Gasteiger partial charge in [-0.15, -0.1) is 0 Å². The summed E-state index contributed by atoms with van der Waals surface area (Å²) in [6.45, 7) is 11.7. The molecule has 32 heavy (non-hydrogen) atoms. The molecular formula is C26H24O6. The topological polar surface area (TPSA) is 85.2 Å². The van der Waals surface area contributed by atoms with Gasteiger partial charge in [-0.1, -0.05) is 45.2 Å². The summed E-state index contributed by atoms with van der Waals surface area (Å²) >= 11 is 0. The average Bonchev–Trinajstić information content (AvgIpc) is 3.21. The van der Waals surface area contributed by atoms with Gasteiger partial charge in [-0.3, -0.25) is 4.79 Å². The van der Waals surface area contributed by atoms with E-state index in [0.717, 1.165) is 5.56 Å². The summed E-state index contributed by atoms with van der Waals surface area (Å²) in [5.41, 5.74) is 1.92. The van der Waals surface area contributed by atoms with Crippen LogP contribution in [0.5, 0.6) is 28.7 Å². The molecule has 0 bridgehead atoms. The molecule has 6 nitrogen and oxygen atoms in total. The van der Waals surface area contributed by atoms with Gasteiger partial charge in [0.2, 0.25) is 6.79 Å². The number of rotatable bonds is 3. The largest absolute Gasteiger partial charge is 0.507 e. The van der Waals surface area contributed by atoms with Gasteiger partial charge in [0.1, 0.15) is 11.5 Å². The van der Waals surface area contributed by atoms with Crippen molar-refractivity contribution >= 4 is 17.9 Å². The van der Waals surface area contributed by atoms with Crippen LogP contribution < -0.4 is 14.2 Å². The molecule has 0 saturated heterocycles. The summed E-state index contributed by atoms with van der Waals surface area (Å²) in [6.07, 6.45) is 3.79. The molecule has 1 atom stereocenters. The lowest BCUT2D eigenvalue weighted by molar-refractivity contribution is -0.118. The average molecular weight is 432 g/mol. The van der Waals surface area contributed by atoms with Gasteiger partial charge in [0.25, 0.3) is 0 Å². The zero-order valence-electron chi connectivity index (χ0n) is 18.0. The molecular weight excluding hydrogens is 408 g/mol. The fourth-order valence-electron chi connectivity index (χ4n) is 4.93. The Balaban J connectivity index is 1.83. The van der Waals surface area contributed by atoms with Crippen molar-refractivity contribution in [2.24, 2.45) is 5.41 Å². The number of hydrogen-bond donors (Lipinski definition) is 2. The fraction of sp³-hybridized carbons (Fsp3) is 0.269. The lowest BCUT2D eigenvalue weighted by Crippen LogP contribution is -2.33. The SMILES string of the molecule is C=Cc1c(O)c2c(c(O)c1C=C)C(c1ccc3c(c1)OCO3)C1=C(CC(C)(C)CC1=O)O2. The second-order valence-electron chi connectivity index (χ2n) is 9.10. The Bertz CT molecular complexity index is 1230. The zero-order valence-corrected chi connectivity index (χ0v) is 18.0. The lowest BCUT2D eigenvalue weighted by Gasteiger charge is -2.39. The standard InChI is InChI=1S/C26H24O6/c1-5-14-15(6-2)24(29)25-22(23(14)28)20(13-7-8-17-18(9-13)31-12-30-17)21-16(27)10-26(3,4)11-19(21)32-25/h5-9,20,28-29H,1-2,10-12H2,3-4H3. The fourth-order valence-corrected chi connectivity index (χ4v) is 4.93. The van der Waals surface area contributed by atoms with Crippen molar-refractivity contribution in [1.82, 2.24) is 0 Å². The summed E-state index contributed by atoms with van der Waals surface area (Å²) < 4.78 is 17.1. The van der Waals surface area contributed by atoms with Gasteiger partial charge >= 0.3 is 0 Å². The molecule has 0 spiro atoms. The van der Waals surface area contributed by atoms with Crippen LogP contribution in [0, 0.1) is 5.41 Å². The second kappa shape index (κ2) is 6.92. The van der Waals surface area contributed by atoms with Crippen LogP contribution in [0.25, 0.3) is 12.2 Å². The number of allylic oxidation sites excluding steroid dienone is 2. The van der Waals surface area contributed by atoms with Gasteiger partial charge < -0.3 is 24.4 Å². The molecule has 2 N–H and O–H groups in total. The van der Waals surface area contributed by atoms with Crippen molar-refractivity contribution in [1.29, 1.82) is 0 Å². The molecule has 2 aromatic rings. The highest BCUT2D eigenvalue weighted by Crippen LogP contribution is 2.57. The summed E-state index contributed by atoms with van der Waals surface area (Å²) in [5, 5.41) is 22.3. The molecule has 0 saturated carbocycles. The minimum absolute atomic E-state index is 0.0450. The first-order valence-electron chi connectivity index (χ1n) is 10.5. The van der Waals surface area contributed by atoms with Crippen molar-refractivity contribution in [3.05, 3.63) is 64.9 Å². The Kier molecular flexibility index (Phi) is 4.38. The predicted octanol–water partition coefficient (Wildman–Crippen LogP) is 5.28. The molecule has 0 fully saturated rings. The summed E-state index contributed by atoms with van der Waals surface area (Å²) in [6, 6.07) is 5.44. The molecule has 5 rings (SSSR count). The number of ether oxygens (including phenoxy) is 3. The maximum Gasteiger partial charge on any atom is 0.231 e. The summed E-state index contributed by atoms with van der Waals surface area (Å²) in [4.78, 5) is 13.4. The molecule has 1 aliphatic carbocycles. The molecule has 6 heteroatoms. The van der Waals surface area contributed by atoms with Crippen LogP contribution in [0.2, 0.25) is 0 Å². The Morgan fingerprint density at radius 3 is 2.44 bits per heavy atom. The third-order valence-corrected chi connectivity index (χ3v) is 6.34. The first-order valence-corrected chi connectivity index (χ1v) is 10.5. The van der Waals surface area contributed by atoms with E-state index in [2.05, 4.69) is 13.2 Å². The first-order chi connectivity index (χ1) is 15.3. The minimum Gasteiger partial charge on any atom is -0.507 e. The summed E-state index contributed by atoms with van der Waals surface area (Å²) in [5.74, 6) is 0.897.